The van der Waals surface area contributed by atoms with Crippen molar-refractivity contribution in [3.05, 3.63) is 35.4 Å². The van der Waals surface area contributed by atoms with Gasteiger partial charge in [0.1, 0.15) is 11.6 Å². The van der Waals surface area contributed by atoms with Gasteiger partial charge in [-0.1, -0.05) is 0 Å². The Kier molecular flexibility index (Phi) is 8.15. The highest BCUT2D eigenvalue weighted by Crippen LogP contribution is 2.09. The fraction of sp³-hybridized carbons (Fsp3) is 0.500. The van der Waals surface area contributed by atoms with Crippen molar-refractivity contribution in [2.24, 2.45) is 0 Å². The van der Waals surface area contributed by atoms with Gasteiger partial charge in [0.25, 0.3) is 11.8 Å². The number of carbonyl (C=O) groups excluding carboxylic acids is 3. The van der Waals surface area contributed by atoms with Crippen molar-refractivity contribution in [3.8, 4) is 0 Å². The summed E-state index contributed by atoms with van der Waals surface area (Å²) in [5, 5.41) is 2.34. The van der Waals surface area contributed by atoms with Crippen LogP contribution in [0.5, 0.6) is 0 Å². The van der Waals surface area contributed by atoms with Crippen LogP contribution in [-0.2, 0) is 14.3 Å². The van der Waals surface area contributed by atoms with E-state index in [9.17, 15) is 23.2 Å². The van der Waals surface area contributed by atoms with Crippen LogP contribution in [-0.4, -0.2) is 47.9 Å². The predicted molar refractivity (Wildman–Crippen MR) is 91.4 cm³/mol. The van der Waals surface area contributed by atoms with Gasteiger partial charge in [0.15, 0.2) is 6.61 Å². The molecule has 0 aliphatic rings. The van der Waals surface area contributed by atoms with Crippen molar-refractivity contribution in [3.63, 3.8) is 0 Å². The summed E-state index contributed by atoms with van der Waals surface area (Å²) in [5.41, 5.74) is -0.320. The molecule has 26 heavy (non-hydrogen) atoms. The third kappa shape index (κ3) is 6.42. The molecule has 0 bridgehead atoms. The van der Waals surface area contributed by atoms with Crippen molar-refractivity contribution in [1.82, 2.24) is 10.2 Å². The zero-order valence-corrected chi connectivity index (χ0v) is 15.3. The molecule has 0 heterocycles. The third-order valence-electron chi connectivity index (χ3n) is 3.55. The molecule has 0 atom stereocenters. The van der Waals surface area contributed by atoms with Crippen LogP contribution < -0.4 is 5.32 Å². The van der Waals surface area contributed by atoms with Crippen molar-refractivity contribution in [2.75, 3.05) is 13.2 Å². The Balaban J connectivity index is 2.40. The second-order valence-corrected chi connectivity index (χ2v) is 6.28. The van der Waals surface area contributed by atoms with E-state index in [4.69, 9.17) is 4.74 Å². The summed E-state index contributed by atoms with van der Waals surface area (Å²) in [6.45, 7) is 6.98. The normalized spacial score (nSPS) is 10.8. The number of carbonyl (C=O) groups is 3. The summed E-state index contributed by atoms with van der Waals surface area (Å²) < 4.78 is 31.2. The van der Waals surface area contributed by atoms with Crippen LogP contribution in [0.25, 0.3) is 0 Å². The molecule has 0 radical (unpaired) electrons. The third-order valence-corrected chi connectivity index (χ3v) is 3.55. The topological polar surface area (TPSA) is 75.7 Å². The van der Waals surface area contributed by atoms with Crippen molar-refractivity contribution >= 4 is 17.8 Å². The fourth-order valence-corrected chi connectivity index (χ4v) is 2.51. The van der Waals surface area contributed by atoms with E-state index in [0.717, 1.165) is 12.1 Å². The van der Waals surface area contributed by atoms with E-state index >= 15 is 0 Å². The highest BCUT2D eigenvalue weighted by Gasteiger charge is 2.21. The summed E-state index contributed by atoms with van der Waals surface area (Å²) in [4.78, 5) is 37.1. The average Bonchev–Trinajstić information content (AvgIpc) is 2.52. The summed E-state index contributed by atoms with van der Waals surface area (Å²) in [6.07, 6.45) is -0.175. The Morgan fingerprint density at radius 3 is 2.27 bits per heavy atom. The number of rotatable bonds is 8. The van der Waals surface area contributed by atoms with Crippen LogP contribution in [0, 0.1) is 11.6 Å². The van der Waals surface area contributed by atoms with Crippen LogP contribution in [0.4, 0.5) is 8.78 Å². The lowest BCUT2D eigenvalue weighted by atomic mass is 10.2. The predicted octanol–water partition coefficient (Wildman–Crippen LogP) is 2.27. The molecular weight excluding hydrogens is 346 g/mol. The Morgan fingerprint density at radius 1 is 1.12 bits per heavy atom. The van der Waals surface area contributed by atoms with Crippen molar-refractivity contribution < 1.29 is 27.9 Å². The van der Waals surface area contributed by atoms with Gasteiger partial charge < -0.3 is 15.0 Å². The zero-order chi connectivity index (χ0) is 19.9. The van der Waals surface area contributed by atoms with Crippen molar-refractivity contribution in [1.29, 1.82) is 0 Å². The van der Waals surface area contributed by atoms with E-state index in [1.165, 1.54) is 0 Å². The van der Waals surface area contributed by atoms with E-state index in [0.29, 0.717) is 6.07 Å². The van der Waals surface area contributed by atoms with E-state index in [-0.39, 0.29) is 43.1 Å². The maximum absolute atomic E-state index is 13.5. The Hall–Kier alpha value is -2.51. The number of amides is 2. The molecule has 0 aromatic heterocycles. The molecule has 1 aromatic carbocycles. The van der Waals surface area contributed by atoms with Gasteiger partial charge in [-0.2, -0.15) is 0 Å². The van der Waals surface area contributed by atoms with Crippen LogP contribution in [0.1, 0.15) is 44.5 Å². The smallest absolute Gasteiger partial charge is 0.308 e. The molecule has 6 nitrogen and oxygen atoms in total. The van der Waals surface area contributed by atoms with Crippen LogP contribution in [0.3, 0.4) is 0 Å². The molecular formula is C18H24F2N2O4. The highest BCUT2D eigenvalue weighted by atomic mass is 19.1. The van der Waals surface area contributed by atoms with Gasteiger partial charge in [0.05, 0.1) is 12.0 Å². The second kappa shape index (κ2) is 9.84. The van der Waals surface area contributed by atoms with Gasteiger partial charge in [-0.05, 0) is 39.8 Å². The lowest BCUT2D eigenvalue weighted by molar-refractivity contribution is -0.153. The number of nitrogens with one attached hydrogen (secondary N) is 1. The standard InChI is InChI=1S/C18H24F2N2O4/c1-11(2)22(12(3)4)16(23)10-26-17(24)7-8-21-18(25)14-6-5-13(19)9-15(14)20/h5-6,9,11-12H,7-8,10H2,1-4H3,(H,21,25). The second-order valence-electron chi connectivity index (χ2n) is 6.28. The van der Waals surface area contributed by atoms with Crippen LogP contribution in [0.2, 0.25) is 0 Å². The van der Waals surface area contributed by atoms with Gasteiger partial charge in [-0.3, -0.25) is 14.4 Å². The molecule has 8 heteroatoms. The number of hydrogen-bond acceptors (Lipinski definition) is 4. The maximum Gasteiger partial charge on any atom is 0.308 e. The molecule has 0 saturated heterocycles. The van der Waals surface area contributed by atoms with E-state index in [1.807, 2.05) is 27.7 Å². The highest BCUT2D eigenvalue weighted by molar-refractivity contribution is 5.94. The van der Waals surface area contributed by atoms with E-state index < -0.39 is 23.5 Å². The number of nitrogens with zero attached hydrogens (tertiary/aromatic N) is 1. The van der Waals surface area contributed by atoms with Gasteiger partial charge in [-0.15, -0.1) is 0 Å². The summed E-state index contributed by atoms with van der Waals surface area (Å²) in [6, 6.07) is 2.54. The van der Waals surface area contributed by atoms with Gasteiger partial charge in [0, 0.05) is 24.7 Å². The van der Waals surface area contributed by atoms with Crippen molar-refractivity contribution in [2.45, 2.75) is 46.2 Å². The Morgan fingerprint density at radius 2 is 1.73 bits per heavy atom. The lowest BCUT2D eigenvalue weighted by Crippen LogP contribution is -2.44. The summed E-state index contributed by atoms with van der Waals surface area (Å²) in [5.74, 6) is -3.51. The fourth-order valence-electron chi connectivity index (χ4n) is 2.51. The van der Waals surface area contributed by atoms with Gasteiger partial charge in [0.2, 0.25) is 0 Å². The van der Waals surface area contributed by atoms with Gasteiger partial charge >= 0.3 is 5.97 Å². The Bertz CT molecular complexity index is 655. The first-order chi connectivity index (χ1) is 12.1. The first kappa shape index (κ1) is 21.5. The minimum absolute atomic E-state index is 0.0221. The molecule has 1 N–H and O–H groups in total. The minimum atomic E-state index is -0.988. The number of benzene rings is 1. The quantitative estimate of drug-likeness (QED) is 0.713. The zero-order valence-electron chi connectivity index (χ0n) is 15.3. The molecule has 0 aliphatic carbocycles. The first-order valence-corrected chi connectivity index (χ1v) is 8.33. The molecule has 0 fully saturated rings. The average molecular weight is 370 g/mol. The monoisotopic (exact) mass is 370 g/mol. The Labute approximate surface area is 151 Å². The molecule has 0 aliphatic heterocycles. The van der Waals surface area contributed by atoms with Crippen LogP contribution >= 0.6 is 0 Å². The number of esters is 1. The summed E-state index contributed by atoms with van der Waals surface area (Å²) >= 11 is 0. The molecule has 0 saturated carbocycles. The minimum Gasteiger partial charge on any atom is -0.456 e. The number of hydrogen-bond donors (Lipinski definition) is 1. The SMILES string of the molecule is CC(C)N(C(=O)COC(=O)CCNC(=O)c1ccc(F)cc1F)C(C)C. The molecule has 1 aromatic rings. The van der Waals surface area contributed by atoms with E-state index in [2.05, 4.69) is 5.32 Å². The maximum atomic E-state index is 13.5. The molecule has 1 rings (SSSR count). The molecule has 144 valence electrons. The molecule has 0 spiro atoms. The van der Waals surface area contributed by atoms with Crippen LogP contribution in [0.15, 0.2) is 18.2 Å². The first-order valence-electron chi connectivity index (χ1n) is 8.33. The largest absolute Gasteiger partial charge is 0.456 e. The van der Waals surface area contributed by atoms with E-state index in [1.54, 1.807) is 4.90 Å². The number of halogens is 2. The lowest BCUT2D eigenvalue weighted by Gasteiger charge is -2.30. The summed E-state index contributed by atoms with van der Waals surface area (Å²) in [7, 11) is 0. The molecule has 0 unspecified atom stereocenters. The van der Waals surface area contributed by atoms with Gasteiger partial charge in [-0.25, -0.2) is 8.78 Å². The molecule has 2 amide bonds. The number of ether oxygens (including phenoxy) is 1.